The standard InChI is InChI=1S/C14H30N2O2/c1-5-17-14(18-6-2)9-11-15(3)12-13-8-7-10-16(13)4/h13-14H,5-12H2,1-4H3. The summed E-state index contributed by atoms with van der Waals surface area (Å²) in [5.41, 5.74) is 0. The molecule has 1 rings (SSSR count). The van der Waals surface area contributed by atoms with Gasteiger partial charge in [0.2, 0.25) is 0 Å². The van der Waals surface area contributed by atoms with E-state index in [-0.39, 0.29) is 6.29 Å². The van der Waals surface area contributed by atoms with E-state index < -0.39 is 0 Å². The van der Waals surface area contributed by atoms with Crippen molar-refractivity contribution in [2.45, 2.75) is 45.4 Å². The van der Waals surface area contributed by atoms with Crippen molar-refractivity contribution in [3.8, 4) is 0 Å². The lowest BCUT2D eigenvalue weighted by atomic mass is 10.2. The molecular formula is C14H30N2O2. The smallest absolute Gasteiger partial charge is 0.158 e. The largest absolute Gasteiger partial charge is 0.353 e. The summed E-state index contributed by atoms with van der Waals surface area (Å²) in [7, 11) is 4.43. The summed E-state index contributed by atoms with van der Waals surface area (Å²) in [4.78, 5) is 4.87. The summed E-state index contributed by atoms with van der Waals surface area (Å²) < 4.78 is 11.1. The highest BCUT2D eigenvalue weighted by molar-refractivity contribution is 4.78. The minimum Gasteiger partial charge on any atom is -0.353 e. The summed E-state index contributed by atoms with van der Waals surface area (Å²) in [6.45, 7) is 8.92. The number of hydrogen-bond donors (Lipinski definition) is 0. The normalized spacial score (nSPS) is 21.3. The maximum Gasteiger partial charge on any atom is 0.158 e. The number of likely N-dealkylation sites (N-methyl/N-ethyl adjacent to an activating group) is 2. The van der Waals surface area contributed by atoms with Gasteiger partial charge in [0.05, 0.1) is 0 Å². The third-order valence-corrected chi connectivity index (χ3v) is 3.65. The van der Waals surface area contributed by atoms with E-state index in [1.54, 1.807) is 0 Å². The quantitative estimate of drug-likeness (QED) is 0.589. The van der Waals surface area contributed by atoms with Crippen molar-refractivity contribution in [3.05, 3.63) is 0 Å². The molecule has 0 amide bonds. The molecule has 0 saturated carbocycles. The number of ether oxygens (including phenoxy) is 2. The van der Waals surface area contributed by atoms with Gasteiger partial charge in [0.15, 0.2) is 6.29 Å². The topological polar surface area (TPSA) is 24.9 Å². The third-order valence-electron chi connectivity index (χ3n) is 3.65. The molecule has 0 aromatic carbocycles. The summed E-state index contributed by atoms with van der Waals surface area (Å²) in [6.07, 6.45) is 3.59. The highest BCUT2D eigenvalue weighted by Crippen LogP contribution is 2.15. The van der Waals surface area contributed by atoms with Gasteiger partial charge in [-0.25, -0.2) is 0 Å². The Morgan fingerprint density at radius 1 is 1.28 bits per heavy atom. The number of likely N-dealkylation sites (tertiary alicyclic amines) is 1. The first-order valence-electron chi connectivity index (χ1n) is 7.29. The first-order valence-corrected chi connectivity index (χ1v) is 7.29. The Hall–Kier alpha value is -0.160. The van der Waals surface area contributed by atoms with E-state index in [0.717, 1.165) is 38.8 Å². The molecule has 1 fully saturated rings. The van der Waals surface area contributed by atoms with Gasteiger partial charge in [-0.1, -0.05) is 0 Å². The van der Waals surface area contributed by atoms with Crippen LogP contribution in [0.1, 0.15) is 33.1 Å². The second-order valence-corrected chi connectivity index (χ2v) is 5.17. The summed E-state index contributed by atoms with van der Waals surface area (Å²) in [6, 6.07) is 0.729. The minimum absolute atomic E-state index is 0.0382. The molecule has 0 N–H and O–H groups in total. The van der Waals surface area contributed by atoms with E-state index in [2.05, 4.69) is 23.9 Å². The molecule has 1 heterocycles. The van der Waals surface area contributed by atoms with Gasteiger partial charge in [0.25, 0.3) is 0 Å². The fourth-order valence-electron chi connectivity index (χ4n) is 2.57. The lowest BCUT2D eigenvalue weighted by Gasteiger charge is -2.27. The number of rotatable bonds is 9. The van der Waals surface area contributed by atoms with Gasteiger partial charge < -0.3 is 19.3 Å². The third kappa shape index (κ3) is 5.65. The van der Waals surface area contributed by atoms with Crippen LogP contribution in [0, 0.1) is 0 Å². The average molecular weight is 258 g/mol. The fraction of sp³-hybridized carbons (Fsp3) is 1.00. The van der Waals surface area contributed by atoms with Gasteiger partial charge in [0, 0.05) is 38.8 Å². The number of nitrogens with zero attached hydrogens (tertiary/aromatic N) is 2. The Morgan fingerprint density at radius 3 is 2.44 bits per heavy atom. The van der Waals surface area contributed by atoms with Crippen molar-refractivity contribution in [1.29, 1.82) is 0 Å². The summed E-state index contributed by atoms with van der Waals surface area (Å²) in [5, 5.41) is 0. The Kier molecular flexibility index (Phi) is 7.82. The lowest BCUT2D eigenvalue weighted by Crippen LogP contribution is -2.38. The van der Waals surface area contributed by atoms with Gasteiger partial charge in [0.1, 0.15) is 0 Å². The predicted molar refractivity (Wildman–Crippen MR) is 74.8 cm³/mol. The second kappa shape index (κ2) is 8.86. The zero-order chi connectivity index (χ0) is 13.4. The predicted octanol–water partition coefficient (Wildman–Crippen LogP) is 1.80. The molecule has 18 heavy (non-hydrogen) atoms. The molecule has 1 atom stereocenters. The Morgan fingerprint density at radius 2 is 1.94 bits per heavy atom. The van der Waals surface area contributed by atoms with Gasteiger partial charge in [-0.2, -0.15) is 0 Å². The van der Waals surface area contributed by atoms with Crippen molar-refractivity contribution in [2.75, 3.05) is 46.9 Å². The van der Waals surface area contributed by atoms with Crippen molar-refractivity contribution in [3.63, 3.8) is 0 Å². The maximum atomic E-state index is 5.56. The molecule has 1 saturated heterocycles. The zero-order valence-electron chi connectivity index (χ0n) is 12.5. The van der Waals surface area contributed by atoms with Crippen LogP contribution in [0.25, 0.3) is 0 Å². The molecule has 1 aliphatic rings. The minimum atomic E-state index is -0.0382. The van der Waals surface area contributed by atoms with Gasteiger partial charge in [-0.3, -0.25) is 0 Å². The van der Waals surface area contributed by atoms with Crippen molar-refractivity contribution < 1.29 is 9.47 Å². The molecule has 1 unspecified atom stereocenters. The molecule has 0 aromatic heterocycles. The molecule has 0 spiro atoms. The molecule has 108 valence electrons. The van der Waals surface area contributed by atoms with Crippen LogP contribution in [0.15, 0.2) is 0 Å². The molecule has 4 nitrogen and oxygen atoms in total. The van der Waals surface area contributed by atoms with Crippen molar-refractivity contribution in [1.82, 2.24) is 9.80 Å². The highest BCUT2D eigenvalue weighted by Gasteiger charge is 2.22. The molecule has 0 aromatic rings. The Labute approximate surface area is 112 Å². The highest BCUT2D eigenvalue weighted by atomic mass is 16.7. The van der Waals surface area contributed by atoms with Crippen molar-refractivity contribution in [2.24, 2.45) is 0 Å². The molecule has 1 aliphatic heterocycles. The van der Waals surface area contributed by atoms with Crippen LogP contribution < -0.4 is 0 Å². The van der Waals surface area contributed by atoms with Crippen LogP contribution in [0.2, 0.25) is 0 Å². The van der Waals surface area contributed by atoms with Crippen LogP contribution in [-0.4, -0.2) is 69.1 Å². The summed E-state index contributed by atoms with van der Waals surface area (Å²) in [5.74, 6) is 0. The maximum absolute atomic E-state index is 5.56. The lowest BCUT2D eigenvalue weighted by molar-refractivity contribution is -0.141. The monoisotopic (exact) mass is 258 g/mol. The van der Waals surface area contributed by atoms with E-state index >= 15 is 0 Å². The number of hydrogen-bond acceptors (Lipinski definition) is 4. The van der Waals surface area contributed by atoms with Crippen LogP contribution in [0.4, 0.5) is 0 Å². The first kappa shape index (κ1) is 15.9. The van der Waals surface area contributed by atoms with Crippen LogP contribution in [0.3, 0.4) is 0 Å². The SMILES string of the molecule is CCOC(CCN(C)CC1CCCN1C)OCC. The molecule has 0 bridgehead atoms. The average Bonchev–Trinajstić information content (AvgIpc) is 2.73. The molecule has 4 heteroatoms. The van der Waals surface area contributed by atoms with Crippen LogP contribution in [0.5, 0.6) is 0 Å². The van der Waals surface area contributed by atoms with Gasteiger partial charge >= 0.3 is 0 Å². The van der Waals surface area contributed by atoms with E-state index in [4.69, 9.17) is 9.47 Å². The second-order valence-electron chi connectivity index (χ2n) is 5.17. The summed E-state index contributed by atoms with van der Waals surface area (Å²) >= 11 is 0. The molecule has 0 radical (unpaired) electrons. The molecular weight excluding hydrogens is 228 g/mol. The first-order chi connectivity index (χ1) is 8.67. The van der Waals surface area contributed by atoms with E-state index in [1.807, 2.05) is 13.8 Å². The Bertz CT molecular complexity index is 208. The van der Waals surface area contributed by atoms with Gasteiger partial charge in [-0.05, 0) is 47.3 Å². The van der Waals surface area contributed by atoms with E-state index in [0.29, 0.717) is 0 Å². The Balaban J connectivity index is 2.19. The van der Waals surface area contributed by atoms with Crippen molar-refractivity contribution >= 4 is 0 Å². The van der Waals surface area contributed by atoms with Crippen LogP contribution in [-0.2, 0) is 9.47 Å². The van der Waals surface area contributed by atoms with E-state index in [9.17, 15) is 0 Å². The zero-order valence-corrected chi connectivity index (χ0v) is 12.5. The van der Waals surface area contributed by atoms with E-state index in [1.165, 1.54) is 19.4 Å². The fourth-order valence-corrected chi connectivity index (χ4v) is 2.57. The van der Waals surface area contributed by atoms with Gasteiger partial charge in [-0.15, -0.1) is 0 Å². The van der Waals surface area contributed by atoms with Crippen LogP contribution >= 0.6 is 0 Å². The molecule has 0 aliphatic carbocycles.